The van der Waals surface area contributed by atoms with E-state index in [1.165, 1.54) is 5.56 Å². The fraction of sp³-hybridized carbons (Fsp3) is 0.188. The second-order valence-electron chi connectivity index (χ2n) is 4.95. The molecule has 1 aliphatic rings. The normalized spacial score (nSPS) is 13.4. The van der Waals surface area contributed by atoms with Gasteiger partial charge in [0, 0.05) is 13.1 Å². The van der Waals surface area contributed by atoms with Gasteiger partial charge in [0.05, 0.1) is 5.56 Å². The summed E-state index contributed by atoms with van der Waals surface area (Å²) in [6.45, 7) is 1.42. The molecule has 0 fully saturated rings. The van der Waals surface area contributed by atoms with Crippen LogP contribution in [0.4, 0.5) is 5.82 Å². The predicted molar refractivity (Wildman–Crippen MR) is 77.1 cm³/mol. The number of rotatable bonds is 2. The van der Waals surface area contributed by atoms with Crippen molar-refractivity contribution in [1.82, 2.24) is 4.98 Å². The van der Waals surface area contributed by atoms with Gasteiger partial charge in [0.15, 0.2) is 0 Å². The third-order valence-electron chi connectivity index (χ3n) is 3.64. The van der Waals surface area contributed by atoms with Gasteiger partial charge in [0.25, 0.3) is 0 Å². The van der Waals surface area contributed by atoms with Crippen LogP contribution in [0.1, 0.15) is 27.2 Å². The molecule has 5 nitrogen and oxygen atoms in total. The van der Waals surface area contributed by atoms with Gasteiger partial charge in [0.1, 0.15) is 17.6 Å². The van der Waals surface area contributed by atoms with Gasteiger partial charge in [-0.05, 0) is 41.8 Å². The first-order valence-corrected chi connectivity index (χ1v) is 6.64. The number of aromatic nitrogens is 1. The van der Waals surface area contributed by atoms with Crippen LogP contribution in [0.15, 0.2) is 36.4 Å². The zero-order valence-corrected chi connectivity index (χ0v) is 11.3. The Balaban J connectivity index is 1.91. The molecule has 1 aromatic carbocycles. The monoisotopic (exact) mass is 279 g/mol. The summed E-state index contributed by atoms with van der Waals surface area (Å²) in [5, 5.41) is 18.0. The van der Waals surface area contributed by atoms with E-state index in [9.17, 15) is 4.79 Å². The van der Waals surface area contributed by atoms with Crippen molar-refractivity contribution in [3.05, 3.63) is 58.8 Å². The minimum atomic E-state index is -0.917. The Morgan fingerprint density at radius 1 is 1.29 bits per heavy atom. The molecule has 1 aliphatic heterocycles. The standard InChI is InChI=1S/C16H13N3O2/c17-9-14-2-1-3-15(18-14)19-7-6-11-4-5-12(16(20)21)8-13(11)10-19/h1-5,8H,6-7,10H2,(H,20,21). The first-order valence-electron chi connectivity index (χ1n) is 6.64. The first kappa shape index (κ1) is 13.1. The summed E-state index contributed by atoms with van der Waals surface area (Å²) < 4.78 is 0. The zero-order chi connectivity index (χ0) is 14.8. The van der Waals surface area contributed by atoms with Gasteiger partial charge >= 0.3 is 5.97 Å². The van der Waals surface area contributed by atoms with Gasteiger partial charge < -0.3 is 10.0 Å². The van der Waals surface area contributed by atoms with E-state index in [-0.39, 0.29) is 0 Å². The highest BCUT2D eigenvalue weighted by atomic mass is 16.4. The second kappa shape index (κ2) is 5.25. The minimum Gasteiger partial charge on any atom is -0.478 e. The molecule has 2 heterocycles. The topological polar surface area (TPSA) is 77.2 Å². The number of carbonyl (C=O) groups is 1. The summed E-state index contributed by atoms with van der Waals surface area (Å²) >= 11 is 0. The molecule has 0 saturated carbocycles. The molecular formula is C16H13N3O2. The van der Waals surface area contributed by atoms with E-state index in [2.05, 4.69) is 9.88 Å². The molecule has 5 heteroatoms. The maximum absolute atomic E-state index is 11.1. The third-order valence-corrected chi connectivity index (χ3v) is 3.64. The average Bonchev–Trinajstić information content (AvgIpc) is 2.53. The molecule has 2 aromatic rings. The largest absolute Gasteiger partial charge is 0.478 e. The molecular weight excluding hydrogens is 266 g/mol. The first-order chi connectivity index (χ1) is 10.2. The van der Waals surface area contributed by atoms with E-state index >= 15 is 0 Å². The summed E-state index contributed by atoms with van der Waals surface area (Å²) in [5.41, 5.74) is 2.87. The number of nitriles is 1. The van der Waals surface area contributed by atoms with Gasteiger partial charge in [-0.1, -0.05) is 12.1 Å². The summed E-state index contributed by atoms with van der Waals surface area (Å²) in [7, 11) is 0. The molecule has 0 bridgehead atoms. The lowest BCUT2D eigenvalue weighted by Crippen LogP contribution is -2.31. The number of benzene rings is 1. The van der Waals surface area contributed by atoms with Crippen molar-refractivity contribution in [3.63, 3.8) is 0 Å². The van der Waals surface area contributed by atoms with Crippen LogP contribution in [0.5, 0.6) is 0 Å². The number of pyridine rings is 1. The maximum Gasteiger partial charge on any atom is 0.335 e. The van der Waals surface area contributed by atoms with E-state index in [1.54, 1.807) is 18.2 Å². The van der Waals surface area contributed by atoms with Crippen molar-refractivity contribution in [1.29, 1.82) is 5.26 Å². The van der Waals surface area contributed by atoms with Crippen LogP contribution in [-0.2, 0) is 13.0 Å². The summed E-state index contributed by atoms with van der Waals surface area (Å²) in [4.78, 5) is 17.4. The molecule has 0 spiro atoms. The molecule has 1 N–H and O–H groups in total. The molecule has 21 heavy (non-hydrogen) atoms. The number of fused-ring (bicyclic) bond motifs is 1. The maximum atomic E-state index is 11.1. The third kappa shape index (κ3) is 2.56. The van der Waals surface area contributed by atoms with Crippen LogP contribution < -0.4 is 4.90 Å². The van der Waals surface area contributed by atoms with Crippen molar-refractivity contribution >= 4 is 11.8 Å². The van der Waals surface area contributed by atoms with Crippen LogP contribution in [0.3, 0.4) is 0 Å². The quantitative estimate of drug-likeness (QED) is 0.912. The van der Waals surface area contributed by atoms with E-state index in [0.717, 1.165) is 24.3 Å². The van der Waals surface area contributed by atoms with Crippen molar-refractivity contribution in [2.75, 3.05) is 11.4 Å². The number of hydrogen-bond acceptors (Lipinski definition) is 4. The molecule has 1 aromatic heterocycles. The number of aromatic carboxylic acids is 1. The Kier molecular flexibility index (Phi) is 3.28. The van der Waals surface area contributed by atoms with Crippen LogP contribution in [0.2, 0.25) is 0 Å². The zero-order valence-electron chi connectivity index (χ0n) is 11.3. The Labute approximate surface area is 122 Å². The molecule has 0 unspecified atom stereocenters. The highest BCUT2D eigenvalue weighted by Gasteiger charge is 2.19. The van der Waals surface area contributed by atoms with E-state index < -0.39 is 5.97 Å². The Bertz CT molecular complexity index is 749. The number of carboxylic acid groups (broad SMARTS) is 1. The van der Waals surface area contributed by atoms with Crippen LogP contribution in [-0.4, -0.2) is 22.6 Å². The lowest BCUT2D eigenvalue weighted by atomic mass is 9.97. The SMILES string of the molecule is N#Cc1cccc(N2CCc3ccc(C(=O)O)cc3C2)n1. The number of carboxylic acids is 1. The van der Waals surface area contributed by atoms with Gasteiger partial charge in [-0.15, -0.1) is 0 Å². The lowest BCUT2D eigenvalue weighted by Gasteiger charge is -2.30. The second-order valence-corrected chi connectivity index (χ2v) is 4.95. The van der Waals surface area contributed by atoms with Gasteiger partial charge in [-0.3, -0.25) is 0 Å². The summed E-state index contributed by atoms with van der Waals surface area (Å²) in [5.74, 6) is -0.167. The predicted octanol–water partition coefficient (Wildman–Crippen LogP) is 2.21. The molecule has 0 radical (unpaired) electrons. The van der Waals surface area contributed by atoms with Crippen LogP contribution in [0, 0.1) is 11.3 Å². The Morgan fingerprint density at radius 3 is 2.90 bits per heavy atom. The van der Waals surface area contributed by atoms with Gasteiger partial charge in [-0.2, -0.15) is 5.26 Å². The summed E-state index contributed by atoms with van der Waals surface area (Å²) in [6, 6.07) is 12.6. The van der Waals surface area contributed by atoms with Crippen LogP contribution in [0.25, 0.3) is 0 Å². The smallest absolute Gasteiger partial charge is 0.335 e. The van der Waals surface area contributed by atoms with Crippen molar-refractivity contribution in [2.45, 2.75) is 13.0 Å². The number of anilines is 1. The fourth-order valence-electron chi connectivity index (χ4n) is 2.55. The van der Waals surface area contributed by atoms with Crippen molar-refractivity contribution < 1.29 is 9.90 Å². The van der Waals surface area contributed by atoms with Gasteiger partial charge in [-0.25, -0.2) is 9.78 Å². The minimum absolute atomic E-state index is 0.300. The van der Waals surface area contributed by atoms with Crippen molar-refractivity contribution in [3.8, 4) is 6.07 Å². The lowest BCUT2D eigenvalue weighted by molar-refractivity contribution is 0.0696. The molecule has 3 rings (SSSR count). The highest BCUT2D eigenvalue weighted by Crippen LogP contribution is 2.24. The van der Waals surface area contributed by atoms with Gasteiger partial charge in [0.2, 0.25) is 0 Å². The number of hydrogen-bond donors (Lipinski definition) is 1. The van der Waals surface area contributed by atoms with E-state index in [4.69, 9.17) is 10.4 Å². The molecule has 0 saturated heterocycles. The Morgan fingerprint density at radius 2 is 2.14 bits per heavy atom. The highest BCUT2D eigenvalue weighted by molar-refractivity contribution is 5.88. The molecule has 0 amide bonds. The van der Waals surface area contributed by atoms with E-state index in [0.29, 0.717) is 17.8 Å². The average molecular weight is 279 g/mol. The molecule has 0 atom stereocenters. The Hall–Kier alpha value is -2.87. The van der Waals surface area contributed by atoms with Crippen LogP contribution >= 0.6 is 0 Å². The van der Waals surface area contributed by atoms with E-state index in [1.807, 2.05) is 24.3 Å². The van der Waals surface area contributed by atoms with Crippen molar-refractivity contribution in [2.24, 2.45) is 0 Å². The number of nitrogens with zero attached hydrogens (tertiary/aromatic N) is 3. The molecule has 0 aliphatic carbocycles. The molecule has 104 valence electrons. The summed E-state index contributed by atoms with van der Waals surface area (Å²) in [6.07, 6.45) is 0.841. The fourth-order valence-corrected chi connectivity index (χ4v) is 2.55.